The Labute approximate surface area is 215 Å². The Morgan fingerprint density at radius 1 is 0.917 bits per heavy atom. The number of ether oxygens (including phenoxy) is 2. The van der Waals surface area contributed by atoms with Crippen molar-refractivity contribution in [1.29, 1.82) is 0 Å². The lowest BCUT2D eigenvalue weighted by molar-refractivity contribution is -0.0424. The fourth-order valence-corrected chi connectivity index (χ4v) is 5.25. The highest BCUT2D eigenvalue weighted by Crippen LogP contribution is 2.46. The lowest BCUT2D eigenvalue weighted by Gasteiger charge is -2.39. The predicted molar refractivity (Wildman–Crippen MR) is 146 cm³/mol. The molecule has 0 heterocycles. The zero-order chi connectivity index (χ0) is 25.4. The number of carbonyl (C=O) groups excluding carboxylic acids is 1. The van der Waals surface area contributed by atoms with E-state index in [1.54, 1.807) is 7.11 Å². The molecular weight excluding hydrogens is 448 g/mol. The van der Waals surface area contributed by atoms with Gasteiger partial charge in [0, 0.05) is 24.2 Å². The molecule has 3 aromatic rings. The van der Waals surface area contributed by atoms with E-state index in [9.17, 15) is 4.79 Å². The van der Waals surface area contributed by atoms with Gasteiger partial charge in [-0.1, -0.05) is 61.0 Å². The molecule has 5 nitrogen and oxygen atoms in total. The van der Waals surface area contributed by atoms with Crippen molar-refractivity contribution in [3.8, 4) is 5.75 Å². The molecule has 0 spiro atoms. The lowest BCUT2D eigenvalue weighted by Crippen LogP contribution is -2.36. The number of nitrogens with one attached hydrogen (secondary N) is 1. The molecule has 3 aromatic carbocycles. The highest BCUT2D eigenvalue weighted by molar-refractivity contribution is 5.89. The number of hydrogen-bond donors (Lipinski definition) is 1. The second-order valence-electron chi connectivity index (χ2n) is 9.88. The summed E-state index contributed by atoms with van der Waals surface area (Å²) in [4.78, 5) is 15.4. The molecule has 36 heavy (non-hydrogen) atoms. The van der Waals surface area contributed by atoms with Crippen LogP contribution in [0.2, 0.25) is 0 Å². The quantitative estimate of drug-likeness (QED) is 0.335. The van der Waals surface area contributed by atoms with E-state index in [2.05, 4.69) is 60.7 Å². The molecular formula is C31H38N2O3. The monoisotopic (exact) mass is 486 g/mol. The Bertz CT molecular complexity index is 1120. The average molecular weight is 487 g/mol. The van der Waals surface area contributed by atoms with Gasteiger partial charge in [0.25, 0.3) is 0 Å². The SMILES string of the molecule is COc1c(NCCc2ccccc2)ccc(C2(OC(=O)c3ccccc3)CCCCC2)c1CN(C)C. The Hall–Kier alpha value is -3.31. The largest absolute Gasteiger partial charge is 0.494 e. The van der Waals surface area contributed by atoms with Crippen LogP contribution in [-0.2, 0) is 23.3 Å². The maximum Gasteiger partial charge on any atom is 0.339 e. The van der Waals surface area contributed by atoms with E-state index in [1.807, 2.05) is 36.4 Å². The third-order valence-electron chi connectivity index (χ3n) is 6.96. The van der Waals surface area contributed by atoms with E-state index in [0.717, 1.165) is 67.6 Å². The van der Waals surface area contributed by atoms with Crippen LogP contribution in [0.4, 0.5) is 5.69 Å². The van der Waals surface area contributed by atoms with Crippen LogP contribution >= 0.6 is 0 Å². The molecule has 0 aliphatic heterocycles. The smallest absolute Gasteiger partial charge is 0.339 e. The van der Waals surface area contributed by atoms with Crippen molar-refractivity contribution in [3.05, 3.63) is 95.1 Å². The van der Waals surface area contributed by atoms with Gasteiger partial charge >= 0.3 is 5.97 Å². The summed E-state index contributed by atoms with van der Waals surface area (Å²) >= 11 is 0. The van der Waals surface area contributed by atoms with Crippen LogP contribution < -0.4 is 10.1 Å². The Morgan fingerprint density at radius 3 is 2.22 bits per heavy atom. The first kappa shape index (κ1) is 25.8. The number of nitrogens with zero attached hydrogens (tertiary/aromatic N) is 1. The van der Waals surface area contributed by atoms with E-state index >= 15 is 0 Å². The molecule has 190 valence electrons. The van der Waals surface area contributed by atoms with E-state index in [1.165, 1.54) is 5.56 Å². The highest BCUT2D eigenvalue weighted by Gasteiger charge is 2.41. The number of carbonyl (C=O) groups is 1. The van der Waals surface area contributed by atoms with Gasteiger partial charge in [0.2, 0.25) is 0 Å². The van der Waals surface area contributed by atoms with Crippen molar-refractivity contribution in [2.45, 2.75) is 50.7 Å². The van der Waals surface area contributed by atoms with Crippen LogP contribution in [0.1, 0.15) is 59.2 Å². The Morgan fingerprint density at radius 2 is 1.58 bits per heavy atom. The molecule has 5 heteroatoms. The zero-order valence-corrected chi connectivity index (χ0v) is 21.8. The minimum Gasteiger partial charge on any atom is -0.494 e. The lowest BCUT2D eigenvalue weighted by atomic mass is 9.77. The molecule has 0 aromatic heterocycles. The van der Waals surface area contributed by atoms with Crippen molar-refractivity contribution in [2.24, 2.45) is 0 Å². The normalized spacial score (nSPS) is 14.9. The second kappa shape index (κ2) is 12.1. The van der Waals surface area contributed by atoms with Crippen LogP contribution in [0.3, 0.4) is 0 Å². The van der Waals surface area contributed by atoms with Gasteiger partial charge in [-0.2, -0.15) is 0 Å². The number of esters is 1. The molecule has 0 saturated heterocycles. The van der Waals surface area contributed by atoms with Crippen LogP contribution in [-0.4, -0.2) is 38.6 Å². The van der Waals surface area contributed by atoms with Crippen LogP contribution in [0.15, 0.2) is 72.8 Å². The number of anilines is 1. The van der Waals surface area contributed by atoms with Gasteiger partial charge in [-0.25, -0.2) is 4.79 Å². The van der Waals surface area contributed by atoms with Gasteiger partial charge in [-0.05, 0) is 70.0 Å². The zero-order valence-electron chi connectivity index (χ0n) is 21.8. The maximum atomic E-state index is 13.2. The molecule has 0 bridgehead atoms. The predicted octanol–water partition coefficient (Wildman–Crippen LogP) is 6.43. The molecule has 1 aliphatic carbocycles. The molecule has 0 amide bonds. The van der Waals surface area contributed by atoms with Gasteiger partial charge in [0.15, 0.2) is 0 Å². The second-order valence-corrected chi connectivity index (χ2v) is 9.88. The molecule has 4 rings (SSSR count). The van der Waals surface area contributed by atoms with Crippen LogP contribution in [0.25, 0.3) is 0 Å². The van der Waals surface area contributed by atoms with Crippen molar-refractivity contribution in [1.82, 2.24) is 4.90 Å². The van der Waals surface area contributed by atoms with Crippen molar-refractivity contribution >= 4 is 11.7 Å². The molecule has 1 aliphatic rings. The van der Waals surface area contributed by atoms with Gasteiger partial charge < -0.3 is 19.7 Å². The number of rotatable bonds is 10. The first-order chi connectivity index (χ1) is 17.5. The van der Waals surface area contributed by atoms with Crippen LogP contribution in [0.5, 0.6) is 5.75 Å². The summed E-state index contributed by atoms with van der Waals surface area (Å²) < 4.78 is 12.4. The summed E-state index contributed by atoms with van der Waals surface area (Å²) in [7, 11) is 5.84. The molecule has 1 saturated carbocycles. The molecule has 1 fully saturated rings. The number of benzene rings is 3. The fourth-order valence-electron chi connectivity index (χ4n) is 5.25. The number of hydrogen-bond acceptors (Lipinski definition) is 5. The number of methoxy groups -OCH3 is 1. The van der Waals surface area contributed by atoms with Gasteiger partial charge in [-0.3, -0.25) is 0 Å². The molecule has 0 unspecified atom stereocenters. The van der Waals surface area contributed by atoms with E-state index in [4.69, 9.17) is 9.47 Å². The van der Waals surface area contributed by atoms with Crippen LogP contribution in [0, 0.1) is 0 Å². The summed E-state index contributed by atoms with van der Waals surface area (Å²) in [6.45, 7) is 1.49. The topological polar surface area (TPSA) is 50.8 Å². The Kier molecular flexibility index (Phi) is 8.65. The highest BCUT2D eigenvalue weighted by atomic mass is 16.6. The molecule has 1 N–H and O–H groups in total. The average Bonchev–Trinajstić information content (AvgIpc) is 2.90. The van der Waals surface area contributed by atoms with E-state index in [0.29, 0.717) is 12.1 Å². The fraction of sp³-hybridized carbons (Fsp3) is 0.387. The summed E-state index contributed by atoms with van der Waals surface area (Å²) in [5.41, 5.74) is 4.33. The van der Waals surface area contributed by atoms with Crippen molar-refractivity contribution < 1.29 is 14.3 Å². The minimum absolute atomic E-state index is 0.266. The van der Waals surface area contributed by atoms with Gasteiger partial charge in [0.1, 0.15) is 11.4 Å². The summed E-state index contributed by atoms with van der Waals surface area (Å²) in [5, 5.41) is 3.58. The molecule has 0 atom stereocenters. The maximum absolute atomic E-state index is 13.2. The third kappa shape index (κ3) is 6.08. The third-order valence-corrected chi connectivity index (χ3v) is 6.96. The summed E-state index contributed by atoms with van der Waals surface area (Å²) in [5.74, 6) is 0.562. The standard InChI is InChI=1S/C31H38N2O3/c1-33(2)23-26-27(17-18-28(29(26)35-3)32-22-19-24-13-7-4-8-14-24)31(20-11-6-12-21-31)36-30(34)25-15-9-5-10-16-25/h4-5,7-10,13-18,32H,6,11-12,19-23H2,1-3H3. The van der Waals surface area contributed by atoms with Gasteiger partial charge in [0.05, 0.1) is 18.4 Å². The van der Waals surface area contributed by atoms with Crippen molar-refractivity contribution in [2.75, 3.05) is 33.1 Å². The summed E-state index contributed by atoms with van der Waals surface area (Å²) in [6.07, 6.45) is 5.77. The Balaban J connectivity index is 1.68. The minimum atomic E-state index is -0.660. The first-order valence-corrected chi connectivity index (χ1v) is 12.9. The van der Waals surface area contributed by atoms with E-state index < -0.39 is 5.60 Å². The van der Waals surface area contributed by atoms with E-state index in [-0.39, 0.29) is 5.97 Å². The first-order valence-electron chi connectivity index (χ1n) is 12.9. The van der Waals surface area contributed by atoms with Gasteiger partial charge in [-0.15, -0.1) is 0 Å². The summed E-state index contributed by atoms with van der Waals surface area (Å²) in [6, 6.07) is 24.0. The van der Waals surface area contributed by atoms with Crippen molar-refractivity contribution in [3.63, 3.8) is 0 Å². The molecule has 0 radical (unpaired) electrons.